The van der Waals surface area contributed by atoms with Gasteiger partial charge in [-0.3, -0.25) is 4.79 Å². The van der Waals surface area contributed by atoms with Crippen LogP contribution in [0.15, 0.2) is 61.1 Å². The van der Waals surface area contributed by atoms with Gasteiger partial charge in [-0.1, -0.05) is 0 Å². The van der Waals surface area contributed by atoms with Crippen molar-refractivity contribution in [1.82, 2.24) is 14.8 Å². The molecule has 3 aromatic heterocycles. The Morgan fingerprint density at radius 3 is 2.82 bits per heavy atom. The first-order valence-corrected chi connectivity index (χ1v) is 9.44. The van der Waals surface area contributed by atoms with Crippen molar-refractivity contribution in [2.24, 2.45) is 0 Å². The first-order valence-electron chi connectivity index (χ1n) is 8.62. The molecule has 0 aliphatic rings. The van der Waals surface area contributed by atoms with Gasteiger partial charge in [0.25, 0.3) is 5.91 Å². The number of nitrogens with one attached hydrogen (secondary N) is 1. The van der Waals surface area contributed by atoms with Gasteiger partial charge >= 0.3 is 5.97 Å². The fraction of sp³-hybridized carbons (Fsp3) is 0.100. The summed E-state index contributed by atoms with van der Waals surface area (Å²) in [5.74, 6) is 0.0325. The lowest BCUT2D eigenvalue weighted by molar-refractivity contribution is 0.0532. The molecule has 0 aliphatic carbocycles. The third-order valence-corrected chi connectivity index (χ3v) is 5.10. The highest BCUT2D eigenvalue weighted by molar-refractivity contribution is 7.20. The first kappa shape index (κ1) is 17.9. The van der Waals surface area contributed by atoms with E-state index in [0.717, 1.165) is 10.1 Å². The van der Waals surface area contributed by atoms with Crippen LogP contribution in [0, 0.1) is 0 Å². The molecule has 0 spiro atoms. The number of hydrogen-bond acceptors (Lipinski definition) is 6. The van der Waals surface area contributed by atoms with Crippen LogP contribution in [0.25, 0.3) is 15.9 Å². The van der Waals surface area contributed by atoms with Crippen molar-refractivity contribution in [3.05, 3.63) is 71.5 Å². The van der Waals surface area contributed by atoms with Crippen LogP contribution in [-0.2, 0) is 4.74 Å². The second-order valence-electron chi connectivity index (χ2n) is 5.89. The third kappa shape index (κ3) is 3.63. The Kier molecular flexibility index (Phi) is 4.86. The zero-order valence-corrected chi connectivity index (χ0v) is 15.8. The van der Waals surface area contributed by atoms with Crippen molar-refractivity contribution in [3.8, 4) is 5.82 Å². The summed E-state index contributed by atoms with van der Waals surface area (Å²) in [5.41, 5.74) is 1.08. The normalized spacial score (nSPS) is 10.8. The molecule has 0 fully saturated rings. The van der Waals surface area contributed by atoms with Crippen LogP contribution in [0.3, 0.4) is 0 Å². The van der Waals surface area contributed by atoms with Gasteiger partial charge in [0.2, 0.25) is 0 Å². The van der Waals surface area contributed by atoms with Crippen molar-refractivity contribution >= 4 is 39.0 Å². The Hall–Kier alpha value is -3.52. The van der Waals surface area contributed by atoms with Crippen LogP contribution in [0.2, 0.25) is 0 Å². The molecule has 4 aromatic rings. The number of aromatic nitrogens is 3. The summed E-state index contributed by atoms with van der Waals surface area (Å²) in [6, 6.07) is 12.5. The third-order valence-electron chi connectivity index (χ3n) is 4.00. The molecular weight excluding hydrogens is 376 g/mol. The summed E-state index contributed by atoms with van der Waals surface area (Å²) in [5, 5.41) is 7.83. The zero-order valence-electron chi connectivity index (χ0n) is 15.0. The fourth-order valence-electron chi connectivity index (χ4n) is 2.69. The zero-order chi connectivity index (χ0) is 19.5. The van der Waals surface area contributed by atoms with E-state index in [-0.39, 0.29) is 11.9 Å². The number of ether oxygens (including phenoxy) is 1. The minimum absolute atomic E-state index is 0.264. The molecule has 28 heavy (non-hydrogen) atoms. The van der Waals surface area contributed by atoms with Crippen molar-refractivity contribution in [1.29, 1.82) is 0 Å². The second kappa shape index (κ2) is 7.61. The topological polar surface area (TPSA) is 86.1 Å². The lowest BCUT2D eigenvalue weighted by Crippen LogP contribution is -2.12. The Balaban J connectivity index is 1.50. The Morgan fingerprint density at radius 2 is 2.11 bits per heavy atom. The Labute approximate surface area is 164 Å². The van der Waals surface area contributed by atoms with E-state index in [1.165, 1.54) is 17.5 Å². The van der Waals surface area contributed by atoms with Gasteiger partial charge in [0, 0.05) is 29.0 Å². The predicted octanol–water partition coefficient (Wildman–Crippen LogP) is 3.91. The first-order chi connectivity index (χ1) is 13.6. The number of pyridine rings is 1. The molecule has 140 valence electrons. The van der Waals surface area contributed by atoms with Crippen LogP contribution >= 0.6 is 11.3 Å². The van der Waals surface area contributed by atoms with Crippen molar-refractivity contribution in [3.63, 3.8) is 0 Å². The van der Waals surface area contributed by atoms with E-state index in [2.05, 4.69) is 15.4 Å². The van der Waals surface area contributed by atoms with Gasteiger partial charge in [0.15, 0.2) is 5.82 Å². The fourth-order valence-corrected chi connectivity index (χ4v) is 3.62. The average Bonchev–Trinajstić information content (AvgIpc) is 3.38. The molecule has 0 saturated carbocycles. The van der Waals surface area contributed by atoms with Crippen LogP contribution in [0.5, 0.6) is 0 Å². The van der Waals surface area contributed by atoms with Crippen LogP contribution in [-0.4, -0.2) is 33.2 Å². The van der Waals surface area contributed by atoms with E-state index in [9.17, 15) is 9.59 Å². The highest BCUT2D eigenvalue weighted by Crippen LogP contribution is 2.29. The van der Waals surface area contributed by atoms with Gasteiger partial charge in [-0.15, -0.1) is 11.3 Å². The molecule has 1 amide bonds. The predicted molar refractivity (Wildman–Crippen MR) is 107 cm³/mol. The van der Waals surface area contributed by atoms with E-state index in [0.29, 0.717) is 28.6 Å². The summed E-state index contributed by atoms with van der Waals surface area (Å²) in [6.45, 7) is 2.11. The number of amides is 1. The molecule has 0 aliphatic heterocycles. The summed E-state index contributed by atoms with van der Waals surface area (Å²) in [6.07, 6.45) is 4.95. The number of rotatable bonds is 5. The molecule has 0 radical (unpaired) electrons. The number of nitrogens with zero attached hydrogens (tertiary/aromatic N) is 3. The maximum Gasteiger partial charge on any atom is 0.348 e. The lowest BCUT2D eigenvalue weighted by atomic mass is 10.2. The maximum atomic E-state index is 12.5. The quantitative estimate of drug-likeness (QED) is 0.521. The number of benzene rings is 1. The smallest absolute Gasteiger partial charge is 0.348 e. The number of carbonyl (C=O) groups is 2. The summed E-state index contributed by atoms with van der Waals surface area (Å²) >= 11 is 1.36. The highest BCUT2D eigenvalue weighted by atomic mass is 32.1. The molecule has 0 saturated heterocycles. The van der Waals surface area contributed by atoms with E-state index >= 15 is 0 Å². The number of thiophene rings is 1. The molecule has 0 unspecified atom stereocenters. The second-order valence-corrected chi connectivity index (χ2v) is 6.98. The Bertz CT molecular complexity index is 1130. The van der Waals surface area contributed by atoms with Crippen LogP contribution < -0.4 is 5.32 Å². The van der Waals surface area contributed by atoms with E-state index in [4.69, 9.17) is 4.74 Å². The number of anilines is 1. The average molecular weight is 392 g/mol. The molecule has 0 bridgehead atoms. The molecule has 4 rings (SSSR count). The number of carbonyl (C=O) groups excluding carboxylic acids is 2. The standard InChI is InChI=1S/C20H16N4O3S/c1-2-27-20(26)17-11-14-10-15(5-6-16(14)28-17)23-19(25)13-4-7-18(21-12-13)24-9-3-8-22-24/h3-12H,2H2,1H3,(H,23,25). The Morgan fingerprint density at radius 1 is 1.21 bits per heavy atom. The van der Waals surface area contributed by atoms with Crippen LogP contribution in [0.1, 0.15) is 27.0 Å². The highest BCUT2D eigenvalue weighted by Gasteiger charge is 2.13. The summed E-state index contributed by atoms with van der Waals surface area (Å²) < 4.78 is 7.60. The van der Waals surface area contributed by atoms with Gasteiger partial charge in [-0.25, -0.2) is 14.5 Å². The monoisotopic (exact) mass is 392 g/mol. The molecule has 0 atom stereocenters. The van der Waals surface area contributed by atoms with E-state index in [1.54, 1.807) is 54.3 Å². The number of hydrogen-bond donors (Lipinski definition) is 1. The summed E-state index contributed by atoms with van der Waals surface area (Å²) in [4.78, 5) is 29.2. The van der Waals surface area contributed by atoms with Gasteiger partial charge in [0.05, 0.1) is 12.2 Å². The van der Waals surface area contributed by atoms with Crippen molar-refractivity contribution in [2.45, 2.75) is 6.92 Å². The number of fused-ring (bicyclic) bond motifs is 1. The van der Waals surface area contributed by atoms with Crippen molar-refractivity contribution < 1.29 is 14.3 Å². The van der Waals surface area contributed by atoms with Gasteiger partial charge in [-0.05, 0) is 54.8 Å². The van der Waals surface area contributed by atoms with Crippen LogP contribution in [0.4, 0.5) is 5.69 Å². The molecule has 7 nitrogen and oxygen atoms in total. The minimum Gasteiger partial charge on any atom is -0.462 e. The SMILES string of the molecule is CCOC(=O)c1cc2cc(NC(=O)c3ccc(-n4cccn4)nc3)ccc2s1. The molecule has 3 heterocycles. The largest absolute Gasteiger partial charge is 0.462 e. The lowest BCUT2D eigenvalue weighted by Gasteiger charge is -2.06. The van der Waals surface area contributed by atoms with Gasteiger partial charge in [0.1, 0.15) is 4.88 Å². The van der Waals surface area contributed by atoms with E-state index < -0.39 is 0 Å². The molecule has 1 N–H and O–H groups in total. The molecule has 1 aromatic carbocycles. The number of esters is 1. The summed E-state index contributed by atoms with van der Waals surface area (Å²) in [7, 11) is 0. The van der Waals surface area contributed by atoms with Gasteiger partial charge < -0.3 is 10.1 Å². The van der Waals surface area contributed by atoms with Gasteiger partial charge in [-0.2, -0.15) is 5.10 Å². The minimum atomic E-state index is -0.336. The molecule has 8 heteroatoms. The van der Waals surface area contributed by atoms with Crippen molar-refractivity contribution in [2.75, 3.05) is 11.9 Å². The van der Waals surface area contributed by atoms with E-state index in [1.807, 2.05) is 12.1 Å². The maximum absolute atomic E-state index is 12.5. The molecular formula is C20H16N4O3S.